The average Bonchev–Trinajstić information content (AvgIpc) is 2.59. The fourth-order valence-electron chi connectivity index (χ4n) is 2.02. The number of fused-ring (bicyclic) bond motifs is 1. The van der Waals surface area contributed by atoms with E-state index in [-0.39, 0.29) is 11.4 Å². The van der Waals surface area contributed by atoms with Crippen LogP contribution in [0.5, 0.6) is 0 Å². The summed E-state index contributed by atoms with van der Waals surface area (Å²) in [6.07, 6.45) is 1.63. The Morgan fingerprint density at radius 3 is 3.00 bits per heavy atom. The lowest BCUT2D eigenvalue weighted by Gasteiger charge is -2.20. The fourth-order valence-corrected chi connectivity index (χ4v) is 3.97. The highest BCUT2D eigenvalue weighted by molar-refractivity contribution is 9.11. The lowest BCUT2D eigenvalue weighted by molar-refractivity contribution is -0.153. The molecule has 1 aliphatic rings. The molecule has 0 saturated heterocycles. The molecule has 0 fully saturated rings. The normalized spacial score (nSPS) is 23.9. The third kappa shape index (κ3) is 1.97. The first kappa shape index (κ1) is 11.1. The van der Waals surface area contributed by atoms with E-state index in [9.17, 15) is 4.79 Å². The Hall–Kier alpha value is -0.350. The van der Waals surface area contributed by atoms with Gasteiger partial charge in [0.1, 0.15) is 0 Å². The van der Waals surface area contributed by atoms with Crippen molar-refractivity contribution in [3.63, 3.8) is 0 Å². The van der Waals surface area contributed by atoms with Crippen molar-refractivity contribution in [3.8, 4) is 0 Å². The Morgan fingerprint density at radius 1 is 1.67 bits per heavy atom. The number of hydrogen-bond donors (Lipinski definition) is 0. The zero-order valence-electron chi connectivity index (χ0n) is 8.80. The molecule has 4 heteroatoms. The minimum atomic E-state index is -0.335. The molecule has 0 bridgehead atoms. The minimum Gasteiger partial charge on any atom is -0.466 e. The van der Waals surface area contributed by atoms with Gasteiger partial charge in [-0.25, -0.2) is 0 Å². The molecule has 0 aliphatic heterocycles. The summed E-state index contributed by atoms with van der Waals surface area (Å²) in [4.78, 5) is 13.1. The number of carbonyl (C=O) groups excluding carboxylic acids is 1. The molecule has 0 spiro atoms. The van der Waals surface area contributed by atoms with Gasteiger partial charge in [0.2, 0.25) is 0 Å². The zero-order chi connectivity index (χ0) is 11.1. The van der Waals surface area contributed by atoms with Gasteiger partial charge >= 0.3 is 5.97 Å². The first-order valence-electron chi connectivity index (χ1n) is 4.99. The number of carbonyl (C=O) groups is 1. The molecule has 1 heterocycles. The first-order chi connectivity index (χ1) is 7.05. The molecule has 0 N–H and O–H groups in total. The number of ether oxygens (including phenoxy) is 1. The lowest BCUT2D eigenvalue weighted by Crippen LogP contribution is -2.30. The van der Waals surface area contributed by atoms with E-state index < -0.39 is 0 Å². The fraction of sp³-hybridized carbons (Fsp3) is 0.545. The van der Waals surface area contributed by atoms with Crippen molar-refractivity contribution in [2.45, 2.75) is 26.7 Å². The van der Waals surface area contributed by atoms with Gasteiger partial charge in [0, 0.05) is 4.88 Å². The summed E-state index contributed by atoms with van der Waals surface area (Å²) in [5.41, 5.74) is 0.958. The van der Waals surface area contributed by atoms with Crippen LogP contribution in [0.25, 0.3) is 0 Å². The van der Waals surface area contributed by atoms with Crippen molar-refractivity contribution in [2.24, 2.45) is 5.41 Å². The molecule has 1 aliphatic carbocycles. The molecule has 0 amide bonds. The molecule has 0 unspecified atom stereocenters. The second kappa shape index (κ2) is 3.91. The van der Waals surface area contributed by atoms with E-state index in [0.717, 1.165) is 16.6 Å². The van der Waals surface area contributed by atoms with Gasteiger partial charge in [0.25, 0.3) is 0 Å². The quantitative estimate of drug-likeness (QED) is 0.782. The lowest BCUT2D eigenvalue weighted by atomic mass is 9.88. The number of thiophene rings is 1. The van der Waals surface area contributed by atoms with E-state index >= 15 is 0 Å². The van der Waals surface area contributed by atoms with Crippen molar-refractivity contribution in [3.05, 3.63) is 20.3 Å². The second-order valence-electron chi connectivity index (χ2n) is 4.13. The number of halogens is 1. The van der Waals surface area contributed by atoms with Crippen LogP contribution in [0.4, 0.5) is 0 Å². The maximum atomic E-state index is 11.8. The SMILES string of the molecule is CCOC(=O)[C@]1(C)Cc2cc(Br)sc2C1. The zero-order valence-corrected chi connectivity index (χ0v) is 11.2. The van der Waals surface area contributed by atoms with Crippen LogP contribution in [0.1, 0.15) is 24.3 Å². The summed E-state index contributed by atoms with van der Waals surface area (Å²) in [5.74, 6) is -0.0653. The third-order valence-corrected chi connectivity index (χ3v) is 4.45. The molecule has 1 aromatic rings. The van der Waals surface area contributed by atoms with Gasteiger partial charge < -0.3 is 4.74 Å². The summed E-state index contributed by atoms with van der Waals surface area (Å²) < 4.78 is 6.26. The van der Waals surface area contributed by atoms with Gasteiger partial charge in [-0.05, 0) is 54.2 Å². The molecular weight excluding hydrogens is 276 g/mol. The summed E-state index contributed by atoms with van der Waals surface area (Å²) in [7, 11) is 0. The topological polar surface area (TPSA) is 26.3 Å². The predicted molar refractivity (Wildman–Crippen MR) is 64.2 cm³/mol. The highest BCUT2D eigenvalue weighted by atomic mass is 79.9. The Bertz CT molecular complexity index is 374. The molecule has 82 valence electrons. The largest absolute Gasteiger partial charge is 0.466 e. The molecule has 0 saturated carbocycles. The summed E-state index contributed by atoms with van der Waals surface area (Å²) in [5, 5.41) is 0. The standard InChI is InChI=1S/C11H13BrO2S/c1-3-14-10(13)11(2)5-7-4-9(12)15-8(7)6-11/h4H,3,5-6H2,1-2H3/t11-/m1/s1. The number of rotatable bonds is 2. The molecule has 15 heavy (non-hydrogen) atoms. The van der Waals surface area contributed by atoms with Crippen molar-refractivity contribution in [2.75, 3.05) is 6.61 Å². The van der Waals surface area contributed by atoms with Crippen LogP contribution in [-0.4, -0.2) is 12.6 Å². The number of esters is 1. The monoisotopic (exact) mass is 288 g/mol. The van der Waals surface area contributed by atoms with Crippen LogP contribution in [0.2, 0.25) is 0 Å². The third-order valence-electron chi connectivity index (χ3n) is 2.77. The molecule has 2 nitrogen and oxygen atoms in total. The van der Waals surface area contributed by atoms with Crippen molar-refractivity contribution in [1.82, 2.24) is 0 Å². The molecule has 0 aromatic carbocycles. The summed E-state index contributed by atoms with van der Waals surface area (Å²) in [6.45, 7) is 4.31. The molecule has 0 radical (unpaired) electrons. The van der Waals surface area contributed by atoms with Gasteiger partial charge in [-0.2, -0.15) is 0 Å². The van der Waals surface area contributed by atoms with Crippen LogP contribution in [0, 0.1) is 5.41 Å². The van der Waals surface area contributed by atoms with Crippen molar-refractivity contribution in [1.29, 1.82) is 0 Å². The maximum absolute atomic E-state index is 11.8. The Morgan fingerprint density at radius 2 is 2.40 bits per heavy atom. The van der Waals surface area contributed by atoms with Gasteiger partial charge in [-0.15, -0.1) is 11.3 Å². The molecule has 1 atom stereocenters. The van der Waals surface area contributed by atoms with E-state index in [1.165, 1.54) is 10.4 Å². The predicted octanol–water partition coefficient (Wildman–Crippen LogP) is 3.18. The highest BCUT2D eigenvalue weighted by Gasteiger charge is 2.41. The van der Waals surface area contributed by atoms with Gasteiger partial charge in [0.15, 0.2) is 0 Å². The van der Waals surface area contributed by atoms with Gasteiger partial charge in [-0.3, -0.25) is 4.79 Å². The first-order valence-corrected chi connectivity index (χ1v) is 6.60. The number of hydrogen-bond acceptors (Lipinski definition) is 3. The van der Waals surface area contributed by atoms with Crippen LogP contribution >= 0.6 is 27.3 Å². The van der Waals surface area contributed by atoms with Crippen molar-refractivity contribution >= 4 is 33.2 Å². The minimum absolute atomic E-state index is 0.0653. The Balaban J connectivity index is 2.17. The molecule has 1 aromatic heterocycles. The van der Waals surface area contributed by atoms with E-state index in [1.54, 1.807) is 11.3 Å². The molecule has 2 rings (SSSR count). The van der Waals surface area contributed by atoms with Crippen LogP contribution in [-0.2, 0) is 22.4 Å². The Kier molecular flexibility index (Phi) is 2.90. The maximum Gasteiger partial charge on any atom is 0.312 e. The Labute approximate surface area is 102 Å². The molecular formula is C11H13BrO2S. The van der Waals surface area contributed by atoms with Crippen LogP contribution < -0.4 is 0 Å². The highest BCUT2D eigenvalue weighted by Crippen LogP contribution is 2.43. The average molecular weight is 289 g/mol. The summed E-state index contributed by atoms with van der Waals surface area (Å²) in [6, 6.07) is 2.12. The van der Waals surface area contributed by atoms with Gasteiger partial charge in [0.05, 0.1) is 15.8 Å². The smallest absolute Gasteiger partial charge is 0.312 e. The van der Waals surface area contributed by atoms with Crippen molar-refractivity contribution < 1.29 is 9.53 Å². The summed E-state index contributed by atoms with van der Waals surface area (Å²) >= 11 is 5.19. The van der Waals surface area contributed by atoms with Crippen LogP contribution in [0.15, 0.2) is 9.85 Å². The van der Waals surface area contributed by atoms with E-state index in [2.05, 4.69) is 22.0 Å². The van der Waals surface area contributed by atoms with E-state index in [4.69, 9.17) is 4.74 Å². The van der Waals surface area contributed by atoms with Gasteiger partial charge in [-0.1, -0.05) is 0 Å². The van der Waals surface area contributed by atoms with Crippen LogP contribution in [0.3, 0.4) is 0 Å². The van der Waals surface area contributed by atoms with E-state index in [0.29, 0.717) is 6.61 Å². The van der Waals surface area contributed by atoms with E-state index in [1.807, 2.05) is 13.8 Å². The second-order valence-corrected chi connectivity index (χ2v) is 6.65.